The van der Waals surface area contributed by atoms with Gasteiger partial charge < -0.3 is 23.7 Å². The number of rotatable bonds is 12. The van der Waals surface area contributed by atoms with E-state index in [1.165, 1.54) is 0 Å². The lowest BCUT2D eigenvalue weighted by Crippen LogP contribution is -2.14. The van der Waals surface area contributed by atoms with Gasteiger partial charge in [-0.2, -0.15) is 0 Å². The topological polar surface area (TPSA) is 63.2 Å². The second-order valence-electron chi connectivity index (χ2n) is 2.93. The molecular formula is C11H20O6. The molecule has 6 heteroatoms. The standard InChI is InChI=1S/C11H20O6/c1-3-17-11(12)10-16-9-8-15-7-6-14-5-4-13-2/h3H,1,4-10H2,2H3. The summed E-state index contributed by atoms with van der Waals surface area (Å²) in [4.78, 5) is 10.8. The van der Waals surface area contributed by atoms with Gasteiger partial charge in [-0.3, -0.25) is 0 Å². The molecule has 0 aliphatic carbocycles. The number of hydrogen-bond acceptors (Lipinski definition) is 6. The predicted molar refractivity (Wildman–Crippen MR) is 60.6 cm³/mol. The van der Waals surface area contributed by atoms with Gasteiger partial charge in [0.25, 0.3) is 0 Å². The fourth-order valence-electron chi connectivity index (χ4n) is 0.865. The first-order valence-corrected chi connectivity index (χ1v) is 5.33. The number of methoxy groups -OCH3 is 1. The SMILES string of the molecule is C=COC(=O)COCCOCCOCCOC. The molecule has 0 aromatic carbocycles. The van der Waals surface area contributed by atoms with E-state index < -0.39 is 5.97 Å². The van der Waals surface area contributed by atoms with E-state index in [4.69, 9.17) is 18.9 Å². The van der Waals surface area contributed by atoms with E-state index >= 15 is 0 Å². The molecule has 0 N–H and O–H groups in total. The summed E-state index contributed by atoms with van der Waals surface area (Å²) in [5, 5.41) is 0. The highest BCUT2D eigenvalue weighted by Gasteiger charge is 1.99. The van der Waals surface area contributed by atoms with Gasteiger partial charge in [-0.25, -0.2) is 4.79 Å². The van der Waals surface area contributed by atoms with Crippen molar-refractivity contribution in [1.82, 2.24) is 0 Å². The maximum absolute atomic E-state index is 10.8. The fourth-order valence-corrected chi connectivity index (χ4v) is 0.865. The van der Waals surface area contributed by atoms with Crippen LogP contribution in [-0.2, 0) is 28.5 Å². The van der Waals surface area contributed by atoms with E-state index in [0.717, 1.165) is 6.26 Å². The number of esters is 1. The van der Waals surface area contributed by atoms with Gasteiger partial charge in [-0.05, 0) is 0 Å². The predicted octanol–water partition coefficient (Wildman–Crippen LogP) is 0.369. The molecule has 0 bridgehead atoms. The molecule has 0 amide bonds. The Morgan fingerprint density at radius 3 is 2.06 bits per heavy atom. The molecular weight excluding hydrogens is 228 g/mol. The summed E-state index contributed by atoms with van der Waals surface area (Å²) in [6.45, 7) is 6.05. The molecule has 0 fully saturated rings. The second-order valence-corrected chi connectivity index (χ2v) is 2.93. The lowest BCUT2D eigenvalue weighted by atomic mass is 10.7. The Kier molecular flexibility index (Phi) is 12.4. The van der Waals surface area contributed by atoms with Gasteiger partial charge in [0.1, 0.15) is 6.61 Å². The van der Waals surface area contributed by atoms with E-state index in [1.54, 1.807) is 7.11 Å². The third-order valence-electron chi connectivity index (χ3n) is 1.61. The number of carbonyl (C=O) groups excluding carboxylic acids is 1. The fraction of sp³-hybridized carbons (Fsp3) is 0.727. The number of carbonyl (C=O) groups is 1. The Hall–Kier alpha value is -0.950. The summed E-state index contributed by atoms with van der Waals surface area (Å²) in [7, 11) is 1.62. The molecule has 0 spiro atoms. The quantitative estimate of drug-likeness (QED) is 0.282. The molecule has 100 valence electrons. The van der Waals surface area contributed by atoms with Crippen LogP contribution < -0.4 is 0 Å². The molecule has 0 aliphatic heterocycles. The van der Waals surface area contributed by atoms with Crippen molar-refractivity contribution in [1.29, 1.82) is 0 Å². The molecule has 0 aliphatic rings. The van der Waals surface area contributed by atoms with Crippen molar-refractivity contribution in [3.63, 3.8) is 0 Å². The van der Waals surface area contributed by atoms with Crippen LogP contribution in [0.2, 0.25) is 0 Å². The maximum Gasteiger partial charge on any atom is 0.336 e. The van der Waals surface area contributed by atoms with E-state index in [9.17, 15) is 4.79 Å². The number of ether oxygens (including phenoxy) is 5. The Balaban J connectivity index is 3.03. The molecule has 0 unspecified atom stereocenters. The summed E-state index contributed by atoms with van der Waals surface area (Å²) in [5.74, 6) is -0.470. The third kappa shape index (κ3) is 13.0. The molecule has 0 atom stereocenters. The second kappa shape index (κ2) is 13.1. The van der Waals surface area contributed by atoms with Crippen molar-refractivity contribution < 1.29 is 28.5 Å². The lowest BCUT2D eigenvalue weighted by molar-refractivity contribution is -0.143. The van der Waals surface area contributed by atoms with Crippen LogP contribution in [0.3, 0.4) is 0 Å². The van der Waals surface area contributed by atoms with Crippen LogP contribution in [-0.4, -0.2) is 59.3 Å². The lowest BCUT2D eigenvalue weighted by Gasteiger charge is -2.05. The first-order valence-electron chi connectivity index (χ1n) is 5.33. The van der Waals surface area contributed by atoms with Crippen molar-refractivity contribution in [3.05, 3.63) is 12.8 Å². The average Bonchev–Trinajstić information content (AvgIpc) is 2.32. The minimum absolute atomic E-state index is 0.0975. The van der Waals surface area contributed by atoms with E-state index in [-0.39, 0.29) is 6.61 Å². The first-order chi connectivity index (χ1) is 8.31. The van der Waals surface area contributed by atoms with Crippen LogP contribution in [0, 0.1) is 0 Å². The van der Waals surface area contributed by atoms with Crippen molar-refractivity contribution in [2.24, 2.45) is 0 Å². The average molecular weight is 248 g/mol. The monoisotopic (exact) mass is 248 g/mol. The maximum atomic E-state index is 10.8. The minimum atomic E-state index is -0.470. The molecule has 17 heavy (non-hydrogen) atoms. The van der Waals surface area contributed by atoms with Gasteiger partial charge in [-0.15, -0.1) is 0 Å². The zero-order valence-corrected chi connectivity index (χ0v) is 10.2. The Morgan fingerprint density at radius 1 is 1.00 bits per heavy atom. The summed E-state index contributed by atoms with van der Waals surface area (Å²) < 4.78 is 24.6. The molecule has 0 saturated heterocycles. The summed E-state index contributed by atoms with van der Waals surface area (Å²) in [5.41, 5.74) is 0. The Bertz CT molecular complexity index is 194. The Morgan fingerprint density at radius 2 is 1.53 bits per heavy atom. The summed E-state index contributed by atoms with van der Waals surface area (Å²) in [6.07, 6.45) is 1.07. The van der Waals surface area contributed by atoms with Crippen LogP contribution in [0.1, 0.15) is 0 Å². The summed E-state index contributed by atoms with van der Waals surface area (Å²) >= 11 is 0. The third-order valence-corrected chi connectivity index (χ3v) is 1.61. The molecule has 0 aromatic rings. The van der Waals surface area contributed by atoms with Gasteiger partial charge in [0, 0.05) is 7.11 Å². The van der Waals surface area contributed by atoms with Crippen molar-refractivity contribution in [3.8, 4) is 0 Å². The number of hydrogen-bond donors (Lipinski definition) is 0. The molecule has 0 saturated carbocycles. The normalized spacial score (nSPS) is 10.2. The molecule has 0 radical (unpaired) electrons. The van der Waals surface area contributed by atoms with Gasteiger partial charge in [-0.1, -0.05) is 6.58 Å². The van der Waals surface area contributed by atoms with Gasteiger partial charge in [0.2, 0.25) is 0 Å². The molecule has 0 aromatic heterocycles. The zero-order valence-electron chi connectivity index (χ0n) is 10.2. The van der Waals surface area contributed by atoms with Crippen LogP contribution in [0.15, 0.2) is 12.8 Å². The molecule has 0 heterocycles. The highest BCUT2D eigenvalue weighted by molar-refractivity contribution is 5.71. The van der Waals surface area contributed by atoms with Gasteiger partial charge in [0.05, 0.1) is 45.9 Å². The zero-order chi connectivity index (χ0) is 12.8. The van der Waals surface area contributed by atoms with Crippen LogP contribution in [0.25, 0.3) is 0 Å². The molecule has 0 rings (SSSR count). The van der Waals surface area contributed by atoms with Crippen molar-refractivity contribution in [2.75, 3.05) is 53.4 Å². The van der Waals surface area contributed by atoms with E-state index in [1.807, 2.05) is 0 Å². The highest BCUT2D eigenvalue weighted by atomic mass is 16.6. The van der Waals surface area contributed by atoms with E-state index in [0.29, 0.717) is 39.6 Å². The van der Waals surface area contributed by atoms with Crippen LogP contribution in [0.4, 0.5) is 0 Å². The van der Waals surface area contributed by atoms with Crippen LogP contribution >= 0.6 is 0 Å². The minimum Gasteiger partial charge on any atom is -0.433 e. The highest BCUT2D eigenvalue weighted by Crippen LogP contribution is 1.84. The van der Waals surface area contributed by atoms with Crippen molar-refractivity contribution in [2.45, 2.75) is 0 Å². The van der Waals surface area contributed by atoms with Gasteiger partial charge >= 0.3 is 5.97 Å². The first kappa shape index (κ1) is 16.1. The van der Waals surface area contributed by atoms with Crippen LogP contribution in [0.5, 0.6) is 0 Å². The smallest absolute Gasteiger partial charge is 0.336 e. The largest absolute Gasteiger partial charge is 0.433 e. The Labute approximate surface area is 101 Å². The van der Waals surface area contributed by atoms with Gasteiger partial charge in [0.15, 0.2) is 0 Å². The van der Waals surface area contributed by atoms with E-state index in [2.05, 4.69) is 11.3 Å². The van der Waals surface area contributed by atoms with Crippen molar-refractivity contribution >= 4 is 5.97 Å². The molecule has 6 nitrogen and oxygen atoms in total. The summed E-state index contributed by atoms with van der Waals surface area (Å²) in [6, 6.07) is 0.